The average molecular weight is 426 g/mol. The second kappa shape index (κ2) is 7.31. The molecule has 0 spiro atoms. The fourth-order valence-corrected chi connectivity index (χ4v) is 5.00. The number of aromatic nitrogens is 2. The van der Waals surface area contributed by atoms with E-state index in [9.17, 15) is 14.5 Å². The van der Waals surface area contributed by atoms with Gasteiger partial charge in [0.1, 0.15) is 17.8 Å². The summed E-state index contributed by atoms with van der Waals surface area (Å²) in [7, 11) is -3.90. The highest BCUT2D eigenvalue weighted by Crippen LogP contribution is 2.59. The van der Waals surface area contributed by atoms with Crippen LogP contribution in [0.5, 0.6) is 0 Å². The molecule has 3 heterocycles. The van der Waals surface area contributed by atoms with E-state index in [1.807, 2.05) is 30.3 Å². The van der Waals surface area contributed by atoms with Gasteiger partial charge in [-0.05, 0) is 24.7 Å². The lowest BCUT2D eigenvalue weighted by Gasteiger charge is -2.35. The first-order chi connectivity index (χ1) is 13.3. The van der Waals surface area contributed by atoms with Crippen LogP contribution in [0, 0.1) is 4.77 Å². The minimum Gasteiger partial charge on any atom is -0.383 e. The van der Waals surface area contributed by atoms with Crippen molar-refractivity contribution in [2.75, 3.05) is 6.61 Å². The van der Waals surface area contributed by atoms with Crippen LogP contribution in [0.1, 0.15) is 18.7 Å². The van der Waals surface area contributed by atoms with E-state index >= 15 is 0 Å². The van der Waals surface area contributed by atoms with Crippen LogP contribution < -0.4 is 5.56 Å². The molecule has 1 aromatic carbocycles. The van der Waals surface area contributed by atoms with Gasteiger partial charge < -0.3 is 9.84 Å². The first-order valence-corrected chi connectivity index (χ1v) is 10.5. The monoisotopic (exact) mass is 426 g/mol. The van der Waals surface area contributed by atoms with Crippen molar-refractivity contribution in [1.82, 2.24) is 9.55 Å². The highest BCUT2D eigenvalue weighted by atomic mass is 32.1. The van der Waals surface area contributed by atoms with Gasteiger partial charge in [0.2, 0.25) is 0 Å². The Labute approximate surface area is 165 Å². The maximum Gasteiger partial charge on any atom is 0.475 e. The molecule has 2 N–H and O–H groups in total. The summed E-state index contributed by atoms with van der Waals surface area (Å²) in [5, 5.41) is 11.1. The summed E-state index contributed by atoms with van der Waals surface area (Å²) >= 11 is 5.15. The van der Waals surface area contributed by atoms with Crippen LogP contribution in [0.15, 0.2) is 47.4 Å². The maximum absolute atomic E-state index is 12.9. The molecule has 0 saturated carbocycles. The zero-order valence-electron chi connectivity index (χ0n) is 14.9. The molecule has 2 aliphatic heterocycles. The minimum atomic E-state index is -3.90. The van der Waals surface area contributed by atoms with Crippen molar-refractivity contribution >= 4 is 20.0 Å². The fourth-order valence-electron chi connectivity index (χ4n) is 3.28. The Bertz CT molecular complexity index is 1020. The molecule has 2 aliphatic rings. The summed E-state index contributed by atoms with van der Waals surface area (Å²) in [4.78, 5) is 13.9. The zero-order valence-corrected chi connectivity index (χ0v) is 16.6. The van der Waals surface area contributed by atoms with Gasteiger partial charge in [-0.2, -0.15) is 0 Å². The van der Waals surface area contributed by atoms with E-state index in [2.05, 4.69) is 4.98 Å². The standard InChI is InChI=1S/C17H19N2O7PS/c1-17(21)14-12(25-15(17)19-8-7-13(20)18-16(19)28)10-24-27(22,26-14)23-9-11-5-3-2-4-6-11/h2-8,12,14-15,21H,9-10H2,1H3,(H,18,20,28)/t12-,14?,15-,17?,27?/m1/s1. The number of H-pyrrole nitrogens is 1. The van der Waals surface area contributed by atoms with Gasteiger partial charge >= 0.3 is 7.82 Å². The highest BCUT2D eigenvalue weighted by molar-refractivity contribution is 7.71. The number of benzene rings is 1. The molecule has 0 aliphatic carbocycles. The van der Waals surface area contributed by atoms with E-state index in [0.717, 1.165) is 5.56 Å². The number of fused-ring (bicyclic) bond motifs is 1. The van der Waals surface area contributed by atoms with Crippen LogP contribution in [0.25, 0.3) is 0 Å². The van der Waals surface area contributed by atoms with Gasteiger partial charge in [-0.15, -0.1) is 0 Å². The number of hydrogen-bond donors (Lipinski definition) is 2. The predicted molar refractivity (Wildman–Crippen MR) is 100 cm³/mol. The summed E-state index contributed by atoms with van der Waals surface area (Å²) in [5.41, 5.74) is -1.16. The number of ether oxygens (including phenoxy) is 1. The van der Waals surface area contributed by atoms with Crippen molar-refractivity contribution in [2.24, 2.45) is 0 Å². The SMILES string of the molecule is CC1(O)C2OP(=O)(OCc3ccccc3)OC[C@H]2O[C@H]1n1ccc(=O)[nH]c1=S. The summed E-state index contributed by atoms with van der Waals surface area (Å²) < 4.78 is 36.5. The largest absolute Gasteiger partial charge is 0.475 e. The topological polar surface area (TPSA) is 112 Å². The molecule has 0 radical (unpaired) electrons. The molecule has 1 aromatic heterocycles. The van der Waals surface area contributed by atoms with Gasteiger partial charge in [0.25, 0.3) is 5.56 Å². The summed E-state index contributed by atoms with van der Waals surface area (Å²) in [5.74, 6) is 0. The maximum atomic E-state index is 12.9. The van der Waals surface area contributed by atoms with Crippen molar-refractivity contribution in [3.8, 4) is 0 Å². The average Bonchev–Trinajstić information content (AvgIpc) is 2.91. The number of rotatable bonds is 4. The molecule has 0 bridgehead atoms. The number of nitrogens with one attached hydrogen (secondary N) is 1. The summed E-state index contributed by atoms with van der Waals surface area (Å²) in [6, 6.07) is 10.4. The molecule has 5 atom stereocenters. The van der Waals surface area contributed by atoms with Crippen LogP contribution >= 0.6 is 20.0 Å². The number of hydrogen-bond acceptors (Lipinski definition) is 8. The van der Waals surface area contributed by atoms with Gasteiger partial charge in [-0.3, -0.25) is 27.9 Å². The number of phosphoric ester groups is 1. The molecule has 9 nitrogen and oxygen atoms in total. The van der Waals surface area contributed by atoms with Crippen molar-refractivity contribution in [3.05, 3.63) is 63.3 Å². The molecular weight excluding hydrogens is 407 g/mol. The van der Waals surface area contributed by atoms with Crippen LogP contribution in [0.3, 0.4) is 0 Å². The number of nitrogens with zero attached hydrogens (tertiary/aromatic N) is 1. The first-order valence-electron chi connectivity index (χ1n) is 8.59. The molecule has 11 heteroatoms. The predicted octanol–water partition coefficient (Wildman–Crippen LogP) is 2.29. The van der Waals surface area contributed by atoms with Crippen LogP contribution in [-0.2, 0) is 29.5 Å². The van der Waals surface area contributed by atoms with Crippen LogP contribution in [-0.4, -0.2) is 39.1 Å². The molecule has 2 aromatic rings. The molecular formula is C17H19N2O7PS. The van der Waals surface area contributed by atoms with Crippen molar-refractivity contribution in [1.29, 1.82) is 0 Å². The van der Waals surface area contributed by atoms with E-state index < -0.39 is 31.9 Å². The summed E-state index contributed by atoms with van der Waals surface area (Å²) in [6.45, 7) is 1.44. The van der Waals surface area contributed by atoms with Crippen LogP contribution in [0.2, 0.25) is 0 Å². The molecule has 3 unspecified atom stereocenters. The van der Waals surface area contributed by atoms with Gasteiger partial charge in [0.05, 0.1) is 13.2 Å². The molecule has 4 rings (SSSR count). The smallest absolute Gasteiger partial charge is 0.383 e. The Morgan fingerprint density at radius 3 is 2.86 bits per heavy atom. The second-order valence-corrected chi connectivity index (χ2v) is 8.81. The third-order valence-corrected chi connectivity index (χ3v) is 6.40. The third-order valence-electron chi connectivity index (χ3n) is 4.69. The van der Waals surface area contributed by atoms with Gasteiger partial charge in [0, 0.05) is 12.3 Å². The molecule has 0 amide bonds. The lowest BCUT2D eigenvalue weighted by atomic mass is 9.96. The van der Waals surface area contributed by atoms with E-state index in [0.29, 0.717) is 0 Å². The first kappa shape index (κ1) is 19.7. The second-order valence-electron chi connectivity index (χ2n) is 6.80. The lowest BCUT2D eigenvalue weighted by Crippen LogP contribution is -2.47. The Morgan fingerprint density at radius 1 is 1.39 bits per heavy atom. The van der Waals surface area contributed by atoms with E-state index in [1.54, 1.807) is 0 Å². The molecule has 28 heavy (non-hydrogen) atoms. The number of aliphatic hydroxyl groups is 1. The normalized spacial score (nSPS) is 34.9. The van der Waals surface area contributed by atoms with Crippen molar-refractivity contribution in [3.63, 3.8) is 0 Å². The summed E-state index contributed by atoms with van der Waals surface area (Å²) in [6.07, 6.45) is -1.20. The van der Waals surface area contributed by atoms with Gasteiger partial charge in [-0.25, -0.2) is 4.57 Å². The van der Waals surface area contributed by atoms with E-state index in [-0.39, 0.29) is 23.5 Å². The quantitative estimate of drug-likeness (QED) is 0.566. The molecule has 150 valence electrons. The Kier molecular flexibility index (Phi) is 5.13. The van der Waals surface area contributed by atoms with Crippen molar-refractivity contribution < 1.29 is 28.0 Å². The van der Waals surface area contributed by atoms with E-state index in [4.69, 9.17) is 30.5 Å². The minimum absolute atomic E-state index is 0.0346. The van der Waals surface area contributed by atoms with Gasteiger partial charge in [-0.1, -0.05) is 30.3 Å². The van der Waals surface area contributed by atoms with E-state index in [1.165, 1.54) is 23.8 Å². The zero-order chi connectivity index (χ0) is 19.9. The Balaban J connectivity index is 1.54. The Morgan fingerprint density at radius 2 is 2.14 bits per heavy atom. The number of phosphoric acid groups is 1. The van der Waals surface area contributed by atoms with Crippen molar-refractivity contribution in [2.45, 2.75) is 37.6 Å². The fraction of sp³-hybridized carbons (Fsp3) is 0.412. The highest BCUT2D eigenvalue weighted by Gasteiger charge is 2.60. The van der Waals surface area contributed by atoms with Crippen LogP contribution in [0.4, 0.5) is 0 Å². The molecule has 2 fully saturated rings. The number of aromatic amines is 1. The third kappa shape index (κ3) is 3.65. The van der Waals surface area contributed by atoms with Gasteiger partial charge in [0.15, 0.2) is 11.0 Å². The molecule has 2 saturated heterocycles. The Hall–Kier alpha value is -1.65. The lowest BCUT2D eigenvalue weighted by molar-refractivity contribution is -0.0935.